The van der Waals surface area contributed by atoms with E-state index in [9.17, 15) is 14.4 Å². The van der Waals surface area contributed by atoms with E-state index in [1.807, 2.05) is 6.92 Å². The fourth-order valence-corrected chi connectivity index (χ4v) is 3.37. The lowest BCUT2D eigenvalue weighted by atomic mass is 9.99. The number of aliphatic carboxylic acids is 1. The highest BCUT2D eigenvalue weighted by Gasteiger charge is 2.17. The van der Waals surface area contributed by atoms with Crippen molar-refractivity contribution in [2.45, 2.75) is 116 Å². The smallest absolute Gasteiger partial charge is 0.303 e. The van der Waals surface area contributed by atoms with Gasteiger partial charge in [0.25, 0.3) is 0 Å². The van der Waals surface area contributed by atoms with Crippen molar-refractivity contribution in [3.8, 4) is 0 Å². The third-order valence-corrected chi connectivity index (χ3v) is 4.99. The number of aldehydes is 1. The number of Topliss-reactive ketones (excluding diaryl/α,β-unsaturated/α-hetero) is 1. The van der Waals surface area contributed by atoms with Crippen molar-refractivity contribution in [2.75, 3.05) is 6.54 Å². The number of carbonyl (C=O) groups excluding carboxylic acids is 2. The van der Waals surface area contributed by atoms with Gasteiger partial charge >= 0.3 is 5.97 Å². The molecule has 1 atom stereocenters. The Labute approximate surface area is 165 Å². The predicted molar refractivity (Wildman–Crippen MR) is 110 cm³/mol. The molecule has 5 heteroatoms. The Bertz CT molecular complexity index is 385. The molecule has 0 spiro atoms. The first-order valence-corrected chi connectivity index (χ1v) is 11.0. The van der Waals surface area contributed by atoms with Crippen LogP contribution in [0.25, 0.3) is 0 Å². The van der Waals surface area contributed by atoms with Gasteiger partial charge in [-0.2, -0.15) is 0 Å². The first-order chi connectivity index (χ1) is 13.1. The first-order valence-electron chi connectivity index (χ1n) is 11.0. The van der Waals surface area contributed by atoms with Crippen molar-refractivity contribution in [1.29, 1.82) is 0 Å². The molecule has 5 nitrogen and oxygen atoms in total. The van der Waals surface area contributed by atoms with E-state index in [2.05, 4.69) is 5.32 Å². The van der Waals surface area contributed by atoms with Gasteiger partial charge in [0.2, 0.25) is 0 Å². The van der Waals surface area contributed by atoms with Crippen molar-refractivity contribution in [3.63, 3.8) is 0 Å². The number of unbranched alkanes of at least 4 members (excludes halogenated alkanes) is 12. The minimum absolute atomic E-state index is 0.0328. The molecule has 0 amide bonds. The van der Waals surface area contributed by atoms with Gasteiger partial charge in [-0.3, -0.25) is 9.59 Å². The second-order valence-corrected chi connectivity index (χ2v) is 7.46. The molecule has 2 N–H and O–H groups in total. The molecular weight excluding hydrogens is 342 g/mol. The molecule has 1 unspecified atom stereocenters. The Morgan fingerprint density at radius 3 is 1.74 bits per heavy atom. The van der Waals surface area contributed by atoms with Crippen LogP contribution < -0.4 is 5.32 Å². The van der Waals surface area contributed by atoms with Gasteiger partial charge in [-0.1, -0.05) is 77.6 Å². The second kappa shape index (κ2) is 19.5. The molecule has 0 aliphatic carbocycles. The van der Waals surface area contributed by atoms with E-state index in [4.69, 9.17) is 5.11 Å². The number of ketones is 1. The normalized spacial score (nSPS) is 12.0. The first kappa shape index (κ1) is 25.8. The van der Waals surface area contributed by atoms with E-state index < -0.39 is 5.97 Å². The monoisotopic (exact) mass is 383 g/mol. The molecule has 0 saturated heterocycles. The summed E-state index contributed by atoms with van der Waals surface area (Å²) in [5.41, 5.74) is 0. The van der Waals surface area contributed by atoms with Crippen molar-refractivity contribution >= 4 is 18.0 Å². The molecule has 0 aromatic carbocycles. The number of rotatable bonds is 21. The van der Waals surface area contributed by atoms with Crippen LogP contribution in [0, 0.1) is 0 Å². The lowest BCUT2D eigenvalue weighted by Gasteiger charge is -2.16. The molecule has 0 rings (SSSR count). The van der Waals surface area contributed by atoms with Crippen LogP contribution in [0.3, 0.4) is 0 Å². The van der Waals surface area contributed by atoms with Crippen molar-refractivity contribution in [2.24, 2.45) is 0 Å². The van der Waals surface area contributed by atoms with E-state index in [1.165, 1.54) is 57.8 Å². The number of hydrogen-bond acceptors (Lipinski definition) is 4. The van der Waals surface area contributed by atoms with Crippen LogP contribution in [-0.4, -0.2) is 35.7 Å². The van der Waals surface area contributed by atoms with Crippen molar-refractivity contribution < 1.29 is 19.5 Å². The number of likely N-dealkylation sites (N-methyl/N-ethyl adjacent to an activating group) is 1. The zero-order chi connectivity index (χ0) is 20.2. The minimum atomic E-state index is -0.906. The minimum Gasteiger partial charge on any atom is -0.481 e. The molecule has 0 aromatic heterocycles. The summed E-state index contributed by atoms with van der Waals surface area (Å²) in [5.74, 6) is -0.873. The van der Waals surface area contributed by atoms with Crippen LogP contribution in [0.15, 0.2) is 0 Å². The van der Waals surface area contributed by atoms with Crippen LogP contribution in [0.1, 0.15) is 110 Å². The van der Waals surface area contributed by atoms with Crippen LogP contribution in [0.5, 0.6) is 0 Å². The van der Waals surface area contributed by atoms with Gasteiger partial charge in [-0.25, -0.2) is 0 Å². The molecule has 0 radical (unpaired) electrons. The zero-order valence-electron chi connectivity index (χ0n) is 17.3. The van der Waals surface area contributed by atoms with Gasteiger partial charge in [-0.15, -0.1) is 0 Å². The van der Waals surface area contributed by atoms with Gasteiger partial charge in [0.05, 0.1) is 12.5 Å². The SMILES string of the molecule is CCNC(CCCCCCCCCCCCCCC=O)C(=O)CCC(=O)O. The highest BCUT2D eigenvalue weighted by molar-refractivity contribution is 5.86. The summed E-state index contributed by atoms with van der Waals surface area (Å²) in [4.78, 5) is 32.9. The molecule has 0 aromatic rings. The molecule has 0 bridgehead atoms. The molecular formula is C22H41NO4. The molecule has 0 aliphatic rings. The average molecular weight is 384 g/mol. The fourth-order valence-electron chi connectivity index (χ4n) is 3.37. The summed E-state index contributed by atoms with van der Waals surface area (Å²) in [7, 11) is 0. The Morgan fingerprint density at radius 1 is 0.815 bits per heavy atom. The molecule has 27 heavy (non-hydrogen) atoms. The van der Waals surface area contributed by atoms with Gasteiger partial charge in [0.15, 0.2) is 0 Å². The number of carboxylic acid groups (broad SMARTS) is 1. The number of nitrogens with one attached hydrogen (secondary N) is 1. The fraction of sp³-hybridized carbons (Fsp3) is 0.864. The molecule has 0 fully saturated rings. The third kappa shape index (κ3) is 17.9. The van der Waals surface area contributed by atoms with Gasteiger partial charge in [0, 0.05) is 12.8 Å². The van der Waals surface area contributed by atoms with E-state index in [1.54, 1.807) is 0 Å². The topological polar surface area (TPSA) is 83.5 Å². The van der Waals surface area contributed by atoms with Gasteiger partial charge in [0.1, 0.15) is 12.1 Å². The Hall–Kier alpha value is -1.23. The van der Waals surface area contributed by atoms with Crippen molar-refractivity contribution in [3.05, 3.63) is 0 Å². The zero-order valence-corrected chi connectivity index (χ0v) is 17.3. The average Bonchev–Trinajstić information content (AvgIpc) is 2.65. The van der Waals surface area contributed by atoms with E-state index in [0.717, 1.165) is 38.5 Å². The lowest BCUT2D eigenvalue weighted by molar-refractivity contribution is -0.138. The number of carbonyl (C=O) groups is 3. The maximum Gasteiger partial charge on any atom is 0.303 e. The van der Waals surface area contributed by atoms with Crippen LogP contribution in [0.4, 0.5) is 0 Å². The van der Waals surface area contributed by atoms with E-state index in [0.29, 0.717) is 6.42 Å². The molecule has 0 saturated carbocycles. The largest absolute Gasteiger partial charge is 0.481 e. The van der Waals surface area contributed by atoms with Crippen LogP contribution in [-0.2, 0) is 14.4 Å². The third-order valence-electron chi connectivity index (χ3n) is 4.99. The highest BCUT2D eigenvalue weighted by Crippen LogP contribution is 2.14. The lowest BCUT2D eigenvalue weighted by Crippen LogP contribution is -2.36. The summed E-state index contributed by atoms with van der Waals surface area (Å²) < 4.78 is 0. The van der Waals surface area contributed by atoms with E-state index in [-0.39, 0.29) is 24.7 Å². The maximum absolute atomic E-state index is 12.1. The second-order valence-electron chi connectivity index (χ2n) is 7.46. The van der Waals surface area contributed by atoms with Gasteiger partial charge < -0.3 is 15.2 Å². The van der Waals surface area contributed by atoms with Crippen molar-refractivity contribution in [1.82, 2.24) is 5.32 Å². The Balaban J connectivity index is 3.50. The molecule has 158 valence electrons. The van der Waals surface area contributed by atoms with Gasteiger partial charge in [-0.05, 0) is 19.4 Å². The Kier molecular flexibility index (Phi) is 18.6. The quantitative estimate of drug-likeness (QED) is 0.214. The molecule has 0 heterocycles. The summed E-state index contributed by atoms with van der Waals surface area (Å²) in [6.45, 7) is 2.71. The summed E-state index contributed by atoms with van der Waals surface area (Å²) in [6, 6.07) is -0.180. The standard InChI is InChI=1S/C22H41NO4/c1-2-23-20(21(25)17-18-22(26)27)16-14-12-10-8-6-4-3-5-7-9-11-13-15-19-24/h19-20,23H,2-18H2,1H3,(H,26,27). The number of hydrogen-bond donors (Lipinski definition) is 2. The van der Waals surface area contributed by atoms with Crippen LogP contribution >= 0.6 is 0 Å². The number of carboxylic acids is 1. The predicted octanol–water partition coefficient (Wildman–Crippen LogP) is 5.06. The van der Waals surface area contributed by atoms with Crippen LogP contribution in [0.2, 0.25) is 0 Å². The Morgan fingerprint density at radius 2 is 1.30 bits per heavy atom. The molecule has 0 aliphatic heterocycles. The summed E-state index contributed by atoms with van der Waals surface area (Å²) >= 11 is 0. The summed E-state index contributed by atoms with van der Waals surface area (Å²) in [6.07, 6.45) is 17.2. The van der Waals surface area contributed by atoms with E-state index >= 15 is 0 Å². The highest BCUT2D eigenvalue weighted by atomic mass is 16.4. The summed E-state index contributed by atoms with van der Waals surface area (Å²) in [5, 5.41) is 11.9. The maximum atomic E-state index is 12.1.